The Labute approximate surface area is 141 Å². The Balaban J connectivity index is 1.56. The summed E-state index contributed by atoms with van der Waals surface area (Å²) in [7, 11) is 0. The normalized spacial score (nSPS) is 26.4. The van der Waals surface area contributed by atoms with Gasteiger partial charge in [-0.25, -0.2) is 0 Å². The zero-order chi connectivity index (χ0) is 16.5. The van der Waals surface area contributed by atoms with Gasteiger partial charge >= 0.3 is 0 Å². The molecule has 5 rings (SSSR count). The van der Waals surface area contributed by atoms with E-state index in [1.165, 1.54) is 5.56 Å². The highest BCUT2D eigenvalue weighted by molar-refractivity contribution is 5.58. The van der Waals surface area contributed by atoms with E-state index in [-0.39, 0.29) is 18.1 Å². The van der Waals surface area contributed by atoms with Crippen molar-refractivity contribution in [2.75, 3.05) is 6.61 Å². The molecule has 0 saturated heterocycles. The van der Waals surface area contributed by atoms with Crippen molar-refractivity contribution in [3.05, 3.63) is 53.1 Å². The standard InChI is InChI=1S/C20H20O4/c1-20(2,21)17-9-13-16(23-17)8-7-11-14-10-22-15-6-4-3-5-12(15)19(14)24-18(11)13/h3-8,14,17,19,21H,9-10H2,1-2H3/t14-,17+,19-/m0/s1. The summed E-state index contributed by atoms with van der Waals surface area (Å²) in [6.45, 7) is 4.20. The van der Waals surface area contributed by atoms with Crippen LogP contribution < -0.4 is 14.2 Å². The molecule has 124 valence electrons. The molecule has 0 saturated carbocycles. The maximum absolute atomic E-state index is 10.3. The zero-order valence-electron chi connectivity index (χ0n) is 13.8. The van der Waals surface area contributed by atoms with Crippen molar-refractivity contribution in [2.45, 2.75) is 44.0 Å². The molecular weight excluding hydrogens is 304 g/mol. The third kappa shape index (κ3) is 1.89. The van der Waals surface area contributed by atoms with E-state index in [1.54, 1.807) is 13.8 Å². The van der Waals surface area contributed by atoms with E-state index in [4.69, 9.17) is 14.2 Å². The molecule has 0 radical (unpaired) electrons. The van der Waals surface area contributed by atoms with Gasteiger partial charge in [0, 0.05) is 23.1 Å². The Bertz CT molecular complexity index is 821. The Hall–Kier alpha value is -2.20. The molecule has 4 heteroatoms. The number of para-hydroxylation sites is 1. The first-order valence-electron chi connectivity index (χ1n) is 8.45. The van der Waals surface area contributed by atoms with E-state index < -0.39 is 5.60 Å². The molecule has 4 nitrogen and oxygen atoms in total. The first kappa shape index (κ1) is 14.2. The molecule has 3 atom stereocenters. The fourth-order valence-electron chi connectivity index (χ4n) is 3.99. The van der Waals surface area contributed by atoms with Crippen molar-refractivity contribution in [1.82, 2.24) is 0 Å². The van der Waals surface area contributed by atoms with Crippen molar-refractivity contribution < 1.29 is 19.3 Å². The molecule has 3 aliphatic rings. The maximum Gasteiger partial charge on any atom is 0.138 e. The SMILES string of the molecule is CC(C)(O)[C@H]1Cc2c(ccc3c2O[C@H]2c4ccccc4OC[C@@H]32)O1. The fraction of sp³-hybridized carbons (Fsp3) is 0.400. The van der Waals surface area contributed by atoms with Gasteiger partial charge in [-0.3, -0.25) is 0 Å². The van der Waals surface area contributed by atoms with Crippen molar-refractivity contribution in [3.63, 3.8) is 0 Å². The van der Waals surface area contributed by atoms with Crippen LogP contribution >= 0.6 is 0 Å². The topological polar surface area (TPSA) is 47.9 Å². The van der Waals surface area contributed by atoms with Crippen LogP contribution in [0, 0.1) is 0 Å². The van der Waals surface area contributed by atoms with E-state index in [9.17, 15) is 5.11 Å². The second-order valence-corrected chi connectivity index (χ2v) is 7.42. The molecule has 0 aromatic heterocycles. The Morgan fingerprint density at radius 2 is 1.83 bits per heavy atom. The average Bonchev–Trinajstić information content (AvgIpc) is 3.15. The molecule has 3 heterocycles. The molecule has 0 aliphatic carbocycles. The Morgan fingerprint density at radius 3 is 2.67 bits per heavy atom. The summed E-state index contributed by atoms with van der Waals surface area (Å²) in [6, 6.07) is 12.2. The molecule has 3 aliphatic heterocycles. The predicted octanol–water partition coefficient (Wildman–Crippen LogP) is 3.37. The van der Waals surface area contributed by atoms with Crippen LogP contribution in [0.4, 0.5) is 0 Å². The predicted molar refractivity (Wildman–Crippen MR) is 88.9 cm³/mol. The number of aliphatic hydroxyl groups is 1. The molecule has 0 bridgehead atoms. The minimum atomic E-state index is -0.882. The van der Waals surface area contributed by atoms with Crippen molar-refractivity contribution in [2.24, 2.45) is 0 Å². The van der Waals surface area contributed by atoms with Crippen LogP contribution in [0.15, 0.2) is 36.4 Å². The van der Waals surface area contributed by atoms with Gasteiger partial charge < -0.3 is 19.3 Å². The second-order valence-electron chi connectivity index (χ2n) is 7.42. The summed E-state index contributed by atoms with van der Waals surface area (Å²) in [5, 5.41) is 10.3. The molecule has 0 unspecified atom stereocenters. The van der Waals surface area contributed by atoms with Crippen LogP contribution in [-0.4, -0.2) is 23.4 Å². The Morgan fingerprint density at radius 1 is 1.00 bits per heavy atom. The molecule has 0 fully saturated rings. The van der Waals surface area contributed by atoms with Gasteiger partial charge in [-0.2, -0.15) is 0 Å². The van der Waals surface area contributed by atoms with Crippen LogP contribution in [0.5, 0.6) is 17.2 Å². The van der Waals surface area contributed by atoms with Crippen LogP contribution in [-0.2, 0) is 6.42 Å². The fourth-order valence-corrected chi connectivity index (χ4v) is 3.99. The first-order chi connectivity index (χ1) is 11.5. The van der Waals surface area contributed by atoms with Crippen molar-refractivity contribution in [3.8, 4) is 17.2 Å². The summed E-state index contributed by atoms with van der Waals surface area (Å²) in [4.78, 5) is 0. The van der Waals surface area contributed by atoms with Gasteiger partial charge in [0.15, 0.2) is 0 Å². The number of hydrogen-bond donors (Lipinski definition) is 1. The summed E-state index contributed by atoms with van der Waals surface area (Å²) in [5.41, 5.74) is 2.49. The van der Waals surface area contributed by atoms with E-state index in [0.717, 1.165) is 28.4 Å². The van der Waals surface area contributed by atoms with E-state index in [1.807, 2.05) is 24.3 Å². The summed E-state index contributed by atoms with van der Waals surface area (Å²) in [5.74, 6) is 2.87. The lowest BCUT2D eigenvalue weighted by Gasteiger charge is -2.27. The van der Waals surface area contributed by atoms with Crippen LogP contribution in [0.25, 0.3) is 0 Å². The number of rotatable bonds is 1. The minimum absolute atomic E-state index is 0.00219. The smallest absolute Gasteiger partial charge is 0.138 e. The molecule has 0 amide bonds. The van der Waals surface area contributed by atoms with Gasteiger partial charge in [-0.05, 0) is 26.0 Å². The molecule has 2 aromatic rings. The highest BCUT2D eigenvalue weighted by Crippen LogP contribution is 2.55. The summed E-state index contributed by atoms with van der Waals surface area (Å²) in [6.07, 6.45) is 0.427. The lowest BCUT2D eigenvalue weighted by Crippen LogP contribution is -2.39. The van der Waals surface area contributed by atoms with Crippen molar-refractivity contribution >= 4 is 0 Å². The van der Waals surface area contributed by atoms with E-state index in [0.29, 0.717) is 13.0 Å². The monoisotopic (exact) mass is 324 g/mol. The van der Waals surface area contributed by atoms with Crippen LogP contribution in [0.3, 0.4) is 0 Å². The van der Waals surface area contributed by atoms with Crippen LogP contribution in [0.2, 0.25) is 0 Å². The van der Waals surface area contributed by atoms with Gasteiger partial charge in [0.2, 0.25) is 0 Å². The third-order valence-corrected chi connectivity index (χ3v) is 5.35. The number of hydrogen-bond acceptors (Lipinski definition) is 4. The Kier molecular flexibility index (Phi) is 2.76. The van der Waals surface area contributed by atoms with Gasteiger partial charge in [0.25, 0.3) is 0 Å². The van der Waals surface area contributed by atoms with E-state index in [2.05, 4.69) is 12.1 Å². The van der Waals surface area contributed by atoms with Gasteiger partial charge in [0.05, 0.1) is 18.1 Å². The highest BCUT2D eigenvalue weighted by atomic mass is 16.5. The second kappa shape index (κ2) is 4.67. The van der Waals surface area contributed by atoms with Gasteiger partial charge in [-0.1, -0.05) is 24.3 Å². The lowest BCUT2D eigenvalue weighted by atomic mass is 9.88. The lowest BCUT2D eigenvalue weighted by molar-refractivity contribution is -0.0230. The first-order valence-corrected chi connectivity index (χ1v) is 8.45. The number of ether oxygens (including phenoxy) is 3. The quantitative estimate of drug-likeness (QED) is 0.874. The molecule has 0 spiro atoms. The number of benzene rings is 2. The number of fused-ring (bicyclic) bond motifs is 7. The molecule has 1 N–H and O–H groups in total. The molecule has 24 heavy (non-hydrogen) atoms. The molecular formula is C20H20O4. The summed E-state index contributed by atoms with van der Waals surface area (Å²) >= 11 is 0. The summed E-state index contributed by atoms with van der Waals surface area (Å²) < 4.78 is 18.3. The van der Waals surface area contributed by atoms with Gasteiger partial charge in [-0.15, -0.1) is 0 Å². The molecule has 2 aromatic carbocycles. The van der Waals surface area contributed by atoms with Crippen molar-refractivity contribution in [1.29, 1.82) is 0 Å². The maximum atomic E-state index is 10.3. The van der Waals surface area contributed by atoms with Gasteiger partial charge in [0.1, 0.15) is 29.5 Å². The average molecular weight is 324 g/mol. The van der Waals surface area contributed by atoms with Crippen LogP contribution in [0.1, 0.15) is 42.6 Å². The minimum Gasteiger partial charge on any atom is -0.492 e. The zero-order valence-corrected chi connectivity index (χ0v) is 13.8. The third-order valence-electron chi connectivity index (χ3n) is 5.35. The highest BCUT2D eigenvalue weighted by Gasteiger charge is 2.45. The van der Waals surface area contributed by atoms with E-state index >= 15 is 0 Å². The largest absolute Gasteiger partial charge is 0.492 e.